The maximum atomic E-state index is 13.5. The first kappa shape index (κ1) is 17.8. The summed E-state index contributed by atoms with van der Waals surface area (Å²) in [5.41, 5.74) is 1.91. The fourth-order valence-electron chi connectivity index (χ4n) is 2.80. The zero-order valence-corrected chi connectivity index (χ0v) is 15.3. The summed E-state index contributed by atoms with van der Waals surface area (Å²) in [6.45, 7) is 0. The largest absolute Gasteiger partial charge is 0.326 e. The number of halogens is 3. The highest BCUT2D eigenvalue weighted by molar-refractivity contribution is 14.1. The summed E-state index contributed by atoms with van der Waals surface area (Å²) in [6, 6.07) is 9.69. The summed E-state index contributed by atoms with van der Waals surface area (Å²) in [5.74, 6) is -2.24. The highest BCUT2D eigenvalue weighted by Gasteiger charge is 2.26. The predicted octanol–water partition coefficient (Wildman–Crippen LogP) is 4.10. The second-order valence-corrected chi connectivity index (χ2v) is 6.97. The average molecular weight is 456 g/mol. The van der Waals surface area contributed by atoms with Crippen LogP contribution >= 0.6 is 22.6 Å². The van der Waals surface area contributed by atoms with Gasteiger partial charge in [0.1, 0.15) is 11.6 Å². The predicted molar refractivity (Wildman–Crippen MR) is 99.2 cm³/mol. The van der Waals surface area contributed by atoms with Crippen molar-refractivity contribution < 1.29 is 18.4 Å². The van der Waals surface area contributed by atoms with Gasteiger partial charge in [-0.25, -0.2) is 8.78 Å². The van der Waals surface area contributed by atoms with Gasteiger partial charge in [0.25, 0.3) is 0 Å². The number of para-hydroxylation sites is 1. The molecule has 4 nitrogen and oxygen atoms in total. The minimum Gasteiger partial charge on any atom is -0.326 e. The van der Waals surface area contributed by atoms with E-state index in [1.54, 1.807) is 22.6 Å². The van der Waals surface area contributed by atoms with E-state index in [-0.39, 0.29) is 33.4 Å². The van der Waals surface area contributed by atoms with Gasteiger partial charge in [0, 0.05) is 23.7 Å². The smallest absolute Gasteiger partial charge is 0.227 e. The third-order valence-corrected chi connectivity index (χ3v) is 5.13. The molecule has 0 aromatic heterocycles. The quantitative estimate of drug-likeness (QED) is 0.538. The Morgan fingerprint density at radius 1 is 1.24 bits per heavy atom. The zero-order valence-electron chi connectivity index (χ0n) is 13.1. The Hall–Kier alpha value is -2.03. The molecule has 0 saturated heterocycles. The topological polar surface area (TPSA) is 58.2 Å². The van der Waals surface area contributed by atoms with Gasteiger partial charge in [-0.3, -0.25) is 9.59 Å². The lowest BCUT2D eigenvalue weighted by Gasteiger charge is -2.24. The third kappa shape index (κ3) is 4.15. The molecule has 130 valence electrons. The van der Waals surface area contributed by atoms with Gasteiger partial charge in [0.05, 0.1) is 3.57 Å². The standard InChI is InChI=1S/C18H15F2IN2O2/c19-13-8-12(9-14(20)17(13)21)22-16(24)6-5-11-7-10-3-1-2-4-15(10)23-18(11)25/h1-4,8-9,11H,5-7H2,(H,22,24)(H,23,25). The van der Waals surface area contributed by atoms with Crippen LogP contribution in [-0.4, -0.2) is 11.8 Å². The molecule has 0 bridgehead atoms. The van der Waals surface area contributed by atoms with E-state index in [0.29, 0.717) is 12.8 Å². The number of fused-ring (bicyclic) bond motifs is 1. The van der Waals surface area contributed by atoms with Crippen LogP contribution in [0.15, 0.2) is 36.4 Å². The van der Waals surface area contributed by atoms with Gasteiger partial charge in [0.15, 0.2) is 0 Å². The number of hydrogen-bond donors (Lipinski definition) is 2. The van der Waals surface area contributed by atoms with E-state index in [9.17, 15) is 18.4 Å². The number of carbonyl (C=O) groups excluding carboxylic acids is 2. The van der Waals surface area contributed by atoms with E-state index >= 15 is 0 Å². The van der Waals surface area contributed by atoms with Crippen molar-refractivity contribution in [2.75, 3.05) is 10.6 Å². The van der Waals surface area contributed by atoms with Crippen molar-refractivity contribution in [3.8, 4) is 0 Å². The molecule has 0 radical (unpaired) electrons. The summed E-state index contributed by atoms with van der Waals surface area (Å²) in [5, 5.41) is 5.30. The normalized spacial score (nSPS) is 16.1. The molecule has 1 aliphatic rings. The fourth-order valence-corrected chi connectivity index (χ4v) is 3.11. The summed E-state index contributed by atoms with van der Waals surface area (Å²) >= 11 is 1.56. The molecular weight excluding hydrogens is 441 g/mol. The second kappa shape index (κ2) is 7.47. The Bertz CT molecular complexity index is 819. The SMILES string of the molecule is O=C(CCC1Cc2ccccc2NC1=O)Nc1cc(F)c(I)c(F)c1. The van der Waals surface area contributed by atoms with Crippen LogP contribution in [-0.2, 0) is 16.0 Å². The Balaban J connectivity index is 1.59. The number of anilines is 2. The molecule has 2 aromatic rings. The fraction of sp³-hybridized carbons (Fsp3) is 0.222. The van der Waals surface area contributed by atoms with Crippen molar-refractivity contribution in [3.05, 3.63) is 57.2 Å². The lowest BCUT2D eigenvalue weighted by molar-refractivity contribution is -0.121. The summed E-state index contributed by atoms with van der Waals surface area (Å²) in [6.07, 6.45) is 1.03. The molecule has 1 aliphatic heterocycles. The van der Waals surface area contributed by atoms with E-state index in [2.05, 4.69) is 10.6 Å². The highest BCUT2D eigenvalue weighted by Crippen LogP contribution is 2.27. The summed E-state index contributed by atoms with van der Waals surface area (Å²) in [7, 11) is 0. The van der Waals surface area contributed by atoms with Crippen LogP contribution in [0.3, 0.4) is 0 Å². The molecule has 1 heterocycles. The Morgan fingerprint density at radius 3 is 2.64 bits per heavy atom. The Morgan fingerprint density at radius 2 is 1.92 bits per heavy atom. The molecule has 0 aliphatic carbocycles. The highest BCUT2D eigenvalue weighted by atomic mass is 127. The average Bonchev–Trinajstić information content (AvgIpc) is 2.57. The Kier molecular flexibility index (Phi) is 5.31. The monoisotopic (exact) mass is 456 g/mol. The van der Waals surface area contributed by atoms with E-state index in [4.69, 9.17) is 0 Å². The molecule has 1 unspecified atom stereocenters. The van der Waals surface area contributed by atoms with Crippen molar-refractivity contribution in [2.45, 2.75) is 19.3 Å². The van der Waals surface area contributed by atoms with Crippen LogP contribution in [0.4, 0.5) is 20.2 Å². The second-order valence-electron chi connectivity index (χ2n) is 5.89. The maximum Gasteiger partial charge on any atom is 0.227 e. The molecule has 2 amide bonds. The first-order valence-corrected chi connectivity index (χ1v) is 8.85. The molecule has 7 heteroatoms. The number of nitrogens with one attached hydrogen (secondary N) is 2. The number of rotatable bonds is 4. The zero-order chi connectivity index (χ0) is 18.0. The van der Waals surface area contributed by atoms with Gasteiger partial charge in [-0.1, -0.05) is 18.2 Å². The van der Waals surface area contributed by atoms with Gasteiger partial charge >= 0.3 is 0 Å². The maximum absolute atomic E-state index is 13.5. The van der Waals surface area contributed by atoms with E-state index in [1.165, 1.54) is 0 Å². The van der Waals surface area contributed by atoms with Crippen molar-refractivity contribution in [1.29, 1.82) is 0 Å². The molecule has 25 heavy (non-hydrogen) atoms. The lowest BCUT2D eigenvalue weighted by Crippen LogP contribution is -2.30. The molecule has 2 aromatic carbocycles. The van der Waals surface area contributed by atoms with Gasteiger partial charge < -0.3 is 10.6 Å². The van der Waals surface area contributed by atoms with E-state index in [1.807, 2.05) is 24.3 Å². The summed E-state index contributed by atoms with van der Waals surface area (Å²) < 4.78 is 26.9. The van der Waals surface area contributed by atoms with Crippen LogP contribution in [0.25, 0.3) is 0 Å². The van der Waals surface area contributed by atoms with E-state index in [0.717, 1.165) is 23.4 Å². The minimum atomic E-state index is -0.723. The molecule has 0 saturated carbocycles. The van der Waals surface area contributed by atoms with Gasteiger partial charge in [-0.2, -0.15) is 0 Å². The van der Waals surface area contributed by atoms with Crippen LogP contribution in [0.2, 0.25) is 0 Å². The Labute approximate surface area is 157 Å². The first-order chi connectivity index (χ1) is 11.9. The molecule has 0 spiro atoms. The minimum absolute atomic E-state index is 0.0684. The number of amides is 2. The van der Waals surface area contributed by atoms with Crippen molar-refractivity contribution in [3.63, 3.8) is 0 Å². The number of benzene rings is 2. The molecule has 1 atom stereocenters. The molecular formula is C18H15F2IN2O2. The van der Waals surface area contributed by atoms with Gasteiger partial charge in [-0.05, 0) is 59.2 Å². The van der Waals surface area contributed by atoms with Crippen LogP contribution < -0.4 is 10.6 Å². The van der Waals surface area contributed by atoms with Gasteiger partial charge in [-0.15, -0.1) is 0 Å². The lowest BCUT2D eigenvalue weighted by atomic mass is 9.89. The third-order valence-electron chi connectivity index (χ3n) is 4.10. The molecule has 3 rings (SSSR count). The van der Waals surface area contributed by atoms with Crippen molar-refractivity contribution in [2.24, 2.45) is 5.92 Å². The molecule has 0 fully saturated rings. The number of carbonyl (C=O) groups is 2. The van der Waals surface area contributed by atoms with Crippen LogP contribution in [0.1, 0.15) is 18.4 Å². The van der Waals surface area contributed by atoms with Crippen LogP contribution in [0.5, 0.6) is 0 Å². The van der Waals surface area contributed by atoms with Gasteiger partial charge in [0.2, 0.25) is 11.8 Å². The summed E-state index contributed by atoms with van der Waals surface area (Å²) in [4.78, 5) is 24.1. The van der Waals surface area contributed by atoms with Crippen molar-refractivity contribution in [1.82, 2.24) is 0 Å². The number of hydrogen-bond acceptors (Lipinski definition) is 2. The van der Waals surface area contributed by atoms with Crippen LogP contribution in [0, 0.1) is 21.1 Å². The van der Waals surface area contributed by atoms with E-state index < -0.39 is 11.6 Å². The molecule has 2 N–H and O–H groups in total. The first-order valence-electron chi connectivity index (χ1n) is 7.77. The van der Waals surface area contributed by atoms with Crippen molar-refractivity contribution >= 4 is 45.8 Å².